The maximum Gasteiger partial charge on any atom is 0.221 e. The number of aryl methyl sites for hydroxylation is 1. The number of likely N-dealkylation sites (tertiary alicyclic amines) is 1. The normalized spacial score (nSPS) is 18.3. The Hall–Kier alpha value is -1.42. The van der Waals surface area contributed by atoms with Gasteiger partial charge < -0.3 is 10.2 Å². The molecule has 4 heteroatoms. The molecule has 0 spiro atoms. The zero-order valence-corrected chi connectivity index (χ0v) is 14.0. The molecular formula is C18H29N3O. The third-order valence-electron chi connectivity index (χ3n) is 4.42. The molecule has 0 saturated carbocycles. The molecule has 0 bridgehead atoms. The van der Waals surface area contributed by atoms with E-state index in [-0.39, 0.29) is 11.9 Å². The van der Waals surface area contributed by atoms with Crippen molar-refractivity contribution in [3.8, 4) is 0 Å². The van der Waals surface area contributed by atoms with Crippen LogP contribution in [0.25, 0.3) is 0 Å². The molecule has 4 nitrogen and oxygen atoms in total. The fourth-order valence-electron chi connectivity index (χ4n) is 2.93. The van der Waals surface area contributed by atoms with E-state index in [2.05, 4.69) is 15.2 Å². The van der Waals surface area contributed by atoms with E-state index < -0.39 is 0 Å². The first kappa shape index (κ1) is 16.9. The van der Waals surface area contributed by atoms with Crippen molar-refractivity contribution in [3.05, 3.63) is 29.6 Å². The van der Waals surface area contributed by atoms with E-state index in [0.29, 0.717) is 6.42 Å². The van der Waals surface area contributed by atoms with Gasteiger partial charge in [-0.05, 0) is 51.4 Å². The molecule has 0 radical (unpaired) electrons. The molecule has 1 N–H and O–H groups in total. The number of hydrogen-bond donors (Lipinski definition) is 1. The van der Waals surface area contributed by atoms with Crippen LogP contribution >= 0.6 is 0 Å². The Morgan fingerprint density at radius 1 is 1.23 bits per heavy atom. The van der Waals surface area contributed by atoms with E-state index in [1.54, 1.807) is 0 Å². The predicted molar refractivity (Wildman–Crippen MR) is 89.7 cm³/mol. The van der Waals surface area contributed by atoms with Crippen LogP contribution in [-0.4, -0.2) is 35.4 Å². The molecular weight excluding hydrogens is 274 g/mol. The average molecular weight is 303 g/mol. The number of nitrogens with one attached hydrogen (secondary N) is 1. The van der Waals surface area contributed by atoms with Crippen molar-refractivity contribution in [2.75, 3.05) is 19.6 Å². The van der Waals surface area contributed by atoms with Crippen molar-refractivity contribution in [2.45, 2.75) is 58.4 Å². The summed E-state index contributed by atoms with van der Waals surface area (Å²) >= 11 is 0. The second-order valence-electron chi connectivity index (χ2n) is 6.38. The van der Waals surface area contributed by atoms with E-state index in [4.69, 9.17) is 0 Å². The maximum absolute atomic E-state index is 12.1. The Balaban J connectivity index is 1.73. The summed E-state index contributed by atoms with van der Waals surface area (Å²) in [7, 11) is 0. The van der Waals surface area contributed by atoms with Crippen LogP contribution in [0.3, 0.4) is 0 Å². The minimum atomic E-state index is 0.0212. The summed E-state index contributed by atoms with van der Waals surface area (Å²) in [6, 6.07) is 4.04. The first-order valence-corrected chi connectivity index (χ1v) is 8.59. The van der Waals surface area contributed by atoms with Gasteiger partial charge in [-0.15, -0.1) is 0 Å². The Bertz CT molecular complexity index is 450. The van der Waals surface area contributed by atoms with E-state index in [1.165, 1.54) is 32.1 Å². The van der Waals surface area contributed by atoms with E-state index >= 15 is 0 Å². The van der Waals surface area contributed by atoms with Crippen molar-refractivity contribution in [3.63, 3.8) is 0 Å². The fourth-order valence-corrected chi connectivity index (χ4v) is 2.93. The van der Waals surface area contributed by atoms with Crippen LogP contribution in [0.5, 0.6) is 0 Å². The summed E-state index contributed by atoms with van der Waals surface area (Å²) < 4.78 is 0. The van der Waals surface area contributed by atoms with Gasteiger partial charge in [-0.25, -0.2) is 0 Å². The molecule has 1 aromatic rings. The zero-order valence-electron chi connectivity index (χ0n) is 14.0. The topological polar surface area (TPSA) is 45.2 Å². The van der Waals surface area contributed by atoms with Gasteiger partial charge >= 0.3 is 0 Å². The Morgan fingerprint density at radius 2 is 1.91 bits per heavy atom. The molecule has 1 amide bonds. The van der Waals surface area contributed by atoms with Crippen molar-refractivity contribution in [1.82, 2.24) is 15.2 Å². The smallest absolute Gasteiger partial charge is 0.221 e. The number of pyridine rings is 1. The lowest BCUT2D eigenvalue weighted by Gasteiger charge is -2.24. The molecule has 2 rings (SSSR count). The standard InChI is InChI=1S/C18H29N3O/c1-15-8-9-17(14-19-15)16(2)20-18(22)10-13-21-11-6-4-3-5-7-12-21/h8-9,14,16H,3-7,10-13H2,1-2H3,(H,20,22)/t16-/m1/s1. The number of amides is 1. The molecule has 0 unspecified atom stereocenters. The number of aromatic nitrogens is 1. The third kappa shape index (κ3) is 5.76. The number of nitrogens with zero attached hydrogens (tertiary/aromatic N) is 2. The molecule has 0 aromatic carbocycles. The fraction of sp³-hybridized carbons (Fsp3) is 0.667. The van der Waals surface area contributed by atoms with Crippen molar-refractivity contribution >= 4 is 5.91 Å². The van der Waals surface area contributed by atoms with E-state index in [9.17, 15) is 4.79 Å². The minimum absolute atomic E-state index is 0.0212. The lowest BCUT2D eigenvalue weighted by Crippen LogP contribution is -2.33. The van der Waals surface area contributed by atoms with Crippen LogP contribution in [0.1, 0.15) is 62.7 Å². The van der Waals surface area contributed by atoms with Crippen molar-refractivity contribution in [1.29, 1.82) is 0 Å². The molecule has 22 heavy (non-hydrogen) atoms. The third-order valence-corrected chi connectivity index (χ3v) is 4.42. The monoisotopic (exact) mass is 303 g/mol. The second-order valence-corrected chi connectivity index (χ2v) is 6.38. The van der Waals surface area contributed by atoms with Gasteiger partial charge in [-0.1, -0.05) is 25.3 Å². The summed E-state index contributed by atoms with van der Waals surface area (Å²) in [6.07, 6.45) is 9.01. The number of carbonyl (C=O) groups is 1. The van der Waals surface area contributed by atoms with Gasteiger partial charge in [0.25, 0.3) is 0 Å². The highest BCUT2D eigenvalue weighted by molar-refractivity contribution is 5.76. The highest BCUT2D eigenvalue weighted by Gasteiger charge is 2.13. The summed E-state index contributed by atoms with van der Waals surface area (Å²) in [6.45, 7) is 7.15. The Labute approximate surface area is 134 Å². The van der Waals surface area contributed by atoms with Gasteiger partial charge in [0.05, 0.1) is 6.04 Å². The number of rotatable bonds is 5. The molecule has 1 fully saturated rings. The van der Waals surface area contributed by atoms with Crippen LogP contribution < -0.4 is 5.32 Å². The van der Waals surface area contributed by atoms with Gasteiger partial charge in [-0.3, -0.25) is 9.78 Å². The van der Waals surface area contributed by atoms with Gasteiger partial charge in [0.15, 0.2) is 0 Å². The average Bonchev–Trinajstić information content (AvgIpc) is 2.46. The summed E-state index contributed by atoms with van der Waals surface area (Å²) in [5.74, 6) is 0.134. The molecule has 1 aromatic heterocycles. The summed E-state index contributed by atoms with van der Waals surface area (Å²) in [5.41, 5.74) is 2.06. The first-order chi connectivity index (χ1) is 10.6. The second kappa shape index (κ2) is 8.89. The quantitative estimate of drug-likeness (QED) is 0.908. The highest BCUT2D eigenvalue weighted by atomic mass is 16.1. The number of hydrogen-bond acceptors (Lipinski definition) is 3. The molecule has 122 valence electrons. The van der Waals surface area contributed by atoms with Crippen molar-refractivity contribution in [2.24, 2.45) is 0 Å². The Morgan fingerprint density at radius 3 is 2.55 bits per heavy atom. The van der Waals surface area contributed by atoms with E-state index in [0.717, 1.165) is 30.9 Å². The summed E-state index contributed by atoms with van der Waals surface area (Å²) in [4.78, 5) is 18.9. The maximum atomic E-state index is 12.1. The van der Waals surface area contributed by atoms with Crippen LogP contribution in [0.15, 0.2) is 18.3 Å². The van der Waals surface area contributed by atoms with Crippen LogP contribution in [0.4, 0.5) is 0 Å². The molecule has 2 heterocycles. The summed E-state index contributed by atoms with van der Waals surface area (Å²) in [5, 5.41) is 3.08. The Kier molecular flexibility index (Phi) is 6.84. The zero-order chi connectivity index (χ0) is 15.8. The van der Waals surface area contributed by atoms with Gasteiger partial charge in [0.2, 0.25) is 5.91 Å². The molecule has 1 aliphatic rings. The SMILES string of the molecule is Cc1ccc([C@@H](C)NC(=O)CCN2CCCCCCC2)cn1. The molecule has 1 saturated heterocycles. The van der Waals surface area contributed by atoms with Crippen LogP contribution in [0, 0.1) is 6.92 Å². The van der Waals surface area contributed by atoms with Crippen LogP contribution in [0.2, 0.25) is 0 Å². The van der Waals surface area contributed by atoms with E-state index in [1.807, 2.05) is 32.2 Å². The molecule has 1 aliphatic heterocycles. The lowest BCUT2D eigenvalue weighted by atomic mass is 10.1. The lowest BCUT2D eigenvalue weighted by molar-refractivity contribution is -0.122. The first-order valence-electron chi connectivity index (χ1n) is 8.59. The van der Waals surface area contributed by atoms with Gasteiger partial charge in [0.1, 0.15) is 0 Å². The highest BCUT2D eigenvalue weighted by Crippen LogP contribution is 2.12. The largest absolute Gasteiger partial charge is 0.349 e. The molecule has 0 aliphatic carbocycles. The number of carbonyl (C=O) groups excluding carboxylic acids is 1. The van der Waals surface area contributed by atoms with Crippen molar-refractivity contribution < 1.29 is 4.79 Å². The van der Waals surface area contributed by atoms with Gasteiger partial charge in [-0.2, -0.15) is 0 Å². The van der Waals surface area contributed by atoms with Gasteiger partial charge in [0, 0.05) is 24.9 Å². The molecule has 1 atom stereocenters. The van der Waals surface area contributed by atoms with Crippen LogP contribution in [-0.2, 0) is 4.79 Å². The minimum Gasteiger partial charge on any atom is -0.349 e. The predicted octanol–water partition coefficient (Wildman–Crippen LogP) is 3.22.